The van der Waals surface area contributed by atoms with Crippen LogP contribution in [0.5, 0.6) is 0 Å². The van der Waals surface area contributed by atoms with Gasteiger partial charge in [0, 0.05) is 28.9 Å². The maximum atomic E-state index is 13.4. The van der Waals surface area contributed by atoms with Crippen LogP contribution in [-0.2, 0) is 16.1 Å². The van der Waals surface area contributed by atoms with Crippen molar-refractivity contribution in [3.8, 4) is 22.4 Å². The average molecular weight is 775 g/mol. The highest BCUT2D eigenvalue weighted by atomic mass is 16.6. The number of rotatable bonds is 6. The molecule has 3 aromatic heterocycles. The molecule has 2 N–H and O–H groups in total. The Morgan fingerprint density at radius 3 is 2.38 bits per heavy atom. The molecule has 2 aliphatic carbocycles. The van der Waals surface area contributed by atoms with Gasteiger partial charge in [0.2, 0.25) is 0 Å². The lowest BCUT2D eigenvalue weighted by molar-refractivity contribution is 0.00622. The molecule has 1 spiro atoms. The van der Waals surface area contributed by atoms with E-state index in [0.29, 0.717) is 12.5 Å². The number of carbonyl (C=O) groups excluding carboxylic acids is 2. The Bertz CT molecular complexity index is 2740. The van der Waals surface area contributed by atoms with Gasteiger partial charge < -0.3 is 23.9 Å². The number of nitrogens with one attached hydrogen (secondary N) is 2. The first-order valence-corrected chi connectivity index (χ1v) is 20.6. The van der Waals surface area contributed by atoms with Crippen LogP contribution in [0.2, 0.25) is 0 Å². The fourth-order valence-electron chi connectivity index (χ4n) is 9.88. The molecule has 294 valence electrons. The van der Waals surface area contributed by atoms with Crippen LogP contribution >= 0.6 is 0 Å². The number of carbonyl (C=O) groups is 2. The molecule has 11 nitrogen and oxygen atoms in total. The molecule has 4 aliphatic rings. The normalized spacial score (nSPS) is 22.2. The zero-order valence-electron chi connectivity index (χ0n) is 33.0. The second-order valence-corrected chi connectivity index (χ2v) is 18.0. The zero-order chi connectivity index (χ0) is 39.3. The van der Waals surface area contributed by atoms with Crippen molar-refractivity contribution < 1.29 is 23.5 Å². The van der Waals surface area contributed by atoms with E-state index in [1.807, 2.05) is 73.2 Å². The maximum Gasteiger partial charge on any atom is 0.411 e. The largest absolute Gasteiger partial charge is 0.456 e. The number of imidazole rings is 2. The molecule has 2 aliphatic heterocycles. The summed E-state index contributed by atoms with van der Waals surface area (Å²) < 4.78 is 18.1. The van der Waals surface area contributed by atoms with Crippen molar-refractivity contribution in [2.24, 2.45) is 11.3 Å². The van der Waals surface area contributed by atoms with Crippen LogP contribution in [0.1, 0.15) is 88.6 Å². The number of benzene rings is 4. The number of aromatic nitrogens is 4. The molecule has 58 heavy (non-hydrogen) atoms. The Hall–Kier alpha value is -6.10. The Morgan fingerprint density at radius 1 is 0.862 bits per heavy atom. The summed E-state index contributed by atoms with van der Waals surface area (Å²) in [6.45, 7) is 6.68. The van der Waals surface area contributed by atoms with Gasteiger partial charge in [-0.05, 0) is 124 Å². The lowest BCUT2D eigenvalue weighted by atomic mass is 9.98. The summed E-state index contributed by atoms with van der Waals surface area (Å²) in [5.41, 5.74) is 7.91. The highest BCUT2D eigenvalue weighted by molar-refractivity contribution is 6.07. The van der Waals surface area contributed by atoms with Gasteiger partial charge in [-0.15, -0.1) is 0 Å². The predicted molar refractivity (Wildman–Crippen MR) is 221 cm³/mol. The third-order valence-electron chi connectivity index (χ3n) is 12.9. The molecule has 11 heteroatoms. The first-order valence-electron chi connectivity index (χ1n) is 20.6. The van der Waals surface area contributed by atoms with E-state index in [9.17, 15) is 9.59 Å². The second-order valence-electron chi connectivity index (χ2n) is 18.0. The molecule has 7 aromatic rings. The van der Waals surface area contributed by atoms with Crippen LogP contribution < -0.4 is 0 Å². The standard InChI is InChI=1S/C47H46N6O5/c1-46(2,3)58-45(55)53-32-13-9-31(19-32)41(53)43-49-35-16-12-28(20-36(35)50-43)29-10-14-33-34-15-11-30(22-40(34)57-39(33)21-29)37-24-48-42(51-37)38-23-47(17-18-47)26-52(38)44(54)56-25-27-7-5-4-6-8-27/h4-8,10-12,14-16,20-22,24,31-32,38,41H,9,13,17-19,23,25-26H2,1-3H3,(H,48,51)(H,49,50)/t31-,32+,38-,41-/m0/s1. The number of hydrogen-bond acceptors (Lipinski definition) is 7. The molecular formula is C47H46N6O5. The smallest absolute Gasteiger partial charge is 0.411 e. The monoisotopic (exact) mass is 774 g/mol. The minimum Gasteiger partial charge on any atom is -0.456 e. The number of piperidine rings is 1. The van der Waals surface area contributed by atoms with E-state index in [-0.39, 0.29) is 42.3 Å². The molecule has 0 unspecified atom stereocenters. The van der Waals surface area contributed by atoms with Gasteiger partial charge in [0.15, 0.2) is 0 Å². The van der Waals surface area contributed by atoms with E-state index in [4.69, 9.17) is 23.9 Å². The average Bonchev–Trinajstić information content (AvgIpc) is 3.90. The molecule has 4 atom stereocenters. The number of nitrogens with zero attached hydrogens (tertiary/aromatic N) is 4. The summed E-state index contributed by atoms with van der Waals surface area (Å²) in [5.74, 6) is 1.98. The van der Waals surface area contributed by atoms with Gasteiger partial charge in [-0.2, -0.15) is 0 Å². The number of amides is 2. The van der Waals surface area contributed by atoms with Crippen LogP contribution in [0, 0.1) is 11.3 Å². The Labute approximate surface area is 335 Å². The van der Waals surface area contributed by atoms with Crippen LogP contribution in [0.25, 0.3) is 55.4 Å². The molecule has 2 amide bonds. The molecule has 2 saturated heterocycles. The molecule has 4 fully saturated rings. The van der Waals surface area contributed by atoms with Gasteiger partial charge in [-0.1, -0.05) is 48.5 Å². The van der Waals surface area contributed by atoms with Gasteiger partial charge in [-0.3, -0.25) is 9.80 Å². The van der Waals surface area contributed by atoms with Crippen molar-refractivity contribution in [3.05, 3.63) is 108 Å². The van der Waals surface area contributed by atoms with Crippen molar-refractivity contribution >= 4 is 45.2 Å². The van der Waals surface area contributed by atoms with Crippen molar-refractivity contribution in [2.75, 3.05) is 6.54 Å². The maximum absolute atomic E-state index is 13.4. The summed E-state index contributed by atoms with van der Waals surface area (Å²) in [6, 6.07) is 28.6. The van der Waals surface area contributed by atoms with Crippen molar-refractivity contribution in [1.29, 1.82) is 0 Å². The number of aromatic amines is 2. The number of ether oxygens (including phenoxy) is 2. The van der Waals surface area contributed by atoms with Crippen molar-refractivity contribution in [2.45, 2.75) is 89.6 Å². The molecule has 4 aromatic carbocycles. The number of hydrogen-bond donors (Lipinski definition) is 2. The topological polar surface area (TPSA) is 130 Å². The Balaban J connectivity index is 0.837. The molecule has 0 radical (unpaired) electrons. The zero-order valence-corrected chi connectivity index (χ0v) is 33.0. The van der Waals surface area contributed by atoms with E-state index < -0.39 is 5.60 Å². The quantitative estimate of drug-likeness (QED) is 0.172. The van der Waals surface area contributed by atoms with Gasteiger partial charge in [0.1, 0.15) is 35.0 Å². The van der Waals surface area contributed by atoms with Crippen LogP contribution in [0.3, 0.4) is 0 Å². The van der Waals surface area contributed by atoms with Crippen LogP contribution in [0.15, 0.2) is 95.5 Å². The summed E-state index contributed by atoms with van der Waals surface area (Å²) >= 11 is 0. The third-order valence-corrected chi connectivity index (χ3v) is 12.9. The first-order chi connectivity index (χ1) is 28.1. The fraction of sp³-hybridized carbons (Fsp3) is 0.362. The van der Waals surface area contributed by atoms with E-state index in [0.717, 1.165) is 111 Å². The summed E-state index contributed by atoms with van der Waals surface area (Å²) in [5, 5.41) is 2.09. The third kappa shape index (κ3) is 6.10. The molecular weight excluding hydrogens is 729 g/mol. The molecule has 5 heterocycles. The van der Waals surface area contributed by atoms with E-state index in [1.54, 1.807) is 0 Å². The van der Waals surface area contributed by atoms with Gasteiger partial charge >= 0.3 is 12.2 Å². The number of likely N-dealkylation sites (tertiary alicyclic amines) is 2. The molecule has 11 rings (SSSR count). The highest BCUT2D eigenvalue weighted by Crippen LogP contribution is 2.58. The Kier molecular flexibility index (Phi) is 7.84. The van der Waals surface area contributed by atoms with E-state index >= 15 is 0 Å². The van der Waals surface area contributed by atoms with Gasteiger partial charge in [0.05, 0.1) is 35.0 Å². The van der Waals surface area contributed by atoms with Crippen molar-refractivity contribution in [3.63, 3.8) is 0 Å². The lowest BCUT2D eigenvalue weighted by Gasteiger charge is -2.35. The fourth-order valence-corrected chi connectivity index (χ4v) is 9.88. The summed E-state index contributed by atoms with van der Waals surface area (Å²) in [7, 11) is 0. The second kappa shape index (κ2) is 13.0. The Morgan fingerprint density at radius 2 is 1.60 bits per heavy atom. The van der Waals surface area contributed by atoms with Crippen LogP contribution in [0.4, 0.5) is 9.59 Å². The number of furan rings is 1. The molecule has 2 bridgehead atoms. The van der Waals surface area contributed by atoms with Gasteiger partial charge in [0.25, 0.3) is 0 Å². The van der Waals surface area contributed by atoms with E-state index in [1.165, 1.54) is 0 Å². The predicted octanol–water partition coefficient (Wildman–Crippen LogP) is 10.8. The minimum absolute atomic E-state index is 0.115. The summed E-state index contributed by atoms with van der Waals surface area (Å²) in [4.78, 5) is 47.4. The SMILES string of the molecule is CC(C)(C)OC(=O)N1[C@@H]2CC[C@@H](C2)[C@H]1c1nc2ccc(-c3ccc4c(c3)oc3cc(-c5cnc([C@@H]6CC7(CC7)CN6C(=O)OCc6ccccc6)[nH]5)ccc34)cc2[nH]1. The number of fused-ring (bicyclic) bond motifs is 6. The van der Waals surface area contributed by atoms with Crippen LogP contribution in [-0.4, -0.2) is 60.1 Å². The van der Waals surface area contributed by atoms with E-state index in [2.05, 4.69) is 58.5 Å². The molecule has 2 saturated carbocycles. The highest BCUT2D eigenvalue weighted by Gasteiger charge is 2.55. The first kappa shape index (κ1) is 35.1. The number of H-pyrrole nitrogens is 2. The van der Waals surface area contributed by atoms with Gasteiger partial charge in [-0.25, -0.2) is 19.6 Å². The summed E-state index contributed by atoms with van der Waals surface area (Å²) in [6.07, 6.45) is 7.52. The van der Waals surface area contributed by atoms with Crippen molar-refractivity contribution in [1.82, 2.24) is 29.7 Å². The lowest BCUT2D eigenvalue weighted by Crippen LogP contribution is -2.43. The minimum atomic E-state index is -0.556.